The van der Waals surface area contributed by atoms with E-state index in [9.17, 15) is 0 Å². The van der Waals surface area contributed by atoms with Crippen LogP contribution >= 0.6 is 0 Å². The Morgan fingerprint density at radius 1 is 0.909 bits per heavy atom. The lowest BCUT2D eigenvalue weighted by molar-refractivity contribution is -0.171. The van der Waals surface area contributed by atoms with Crippen molar-refractivity contribution in [3.63, 3.8) is 0 Å². The minimum Gasteiger partial charge on any atom is -0.343 e. The van der Waals surface area contributed by atoms with Gasteiger partial charge >= 0.3 is 0 Å². The average molecular weight is 297 g/mol. The lowest BCUT2D eigenvalue weighted by atomic mass is 9.96. The van der Waals surface area contributed by atoms with E-state index in [-0.39, 0.29) is 6.04 Å². The van der Waals surface area contributed by atoms with Gasteiger partial charge in [0.15, 0.2) is 5.79 Å². The molecule has 0 saturated carbocycles. The van der Waals surface area contributed by atoms with E-state index in [0.717, 1.165) is 24.8 Å². The van der Waals surface area contributed by atoms with E-state index in [1.165, 1.54) is 5.56 Å². The van der Waals surface area contributed by atoms with Crippen molar-refractivity contribution >= 4 is 0 Å². The molecular formula is C19H23NO2. The zero-order valence-corrected chi connectivity index (χ0v) is 12.8. The van der Waals surface area contributed by atoms with Gasteiger partial charge < -0.3 is 15.2 Å². The summed E-state index contributed by atoms with van der Waals surface area (Å²) in [5.41, 5.74) is 8.56. The molecule has 2 aromatic rings. The van der Waals surface area contributed by atoms with E-state index in [1.807, 2.05) is 36.4 Å². The Hall–Kier alpha value is -1.68. The molecule has 1 aliphatic rings. The number of hydrogen-bond acceptors (Lipinski definition) is 3. The monoisotopic (exact) mass is 297 g/mol. The molecule has 3 heteroatoms. The van der Waals surface area contributed by atoms with Crippen LogP contribution in [0.3, 0.4) is 0 Å². The Labute approximate surface area is 132 Å². The Bertz CT molecular complexity index is 565. The van der Waals surface area contributed by atoms with Gasteiger partial charge in [-0.3, -0.25) is 0 Å². The Balaban J connectivity index is 1.61. The van der Waals surface area contributed by atoms with Crippen LogP contribution in [-0.2, 0) is 15.3 Å². The van der Waals surface area contributed by atoms with Crippen LogP contribution in [0.1, 0.15) is 36.4 Å². The summed E-state index contributed by atoms with van der Waals surface area (Å²) in [6.07, 6.45) is 2.72. The minimum absolute atomic E-state index is 0.0652. The maximum atomic E-state index is 6.28. The quantitative estimate of drug-likeness (QED) is 0.883. The van der Waals surface area contributed by atoms with Crippen molar-refractivity contribution in [3.8, 4) is 0 Å². The highest BCUT2D eigenvalue weighted by Gasteiger charge is 2.37. The SMILES string of the molecule is NC(CCCC1(c2ccccc2)OCCO1)c1ccccc1. The molecule has 1 aliphatic heterocycles. The molecule has 116 valence electrons. The molecule has 0 bridgehead atoms. The van der Waals surface area contributed by atoms with Crippen LogP contribution in [0.4, 0.5) is 0 Å². The normalized spacial score (nSPS) is 18.2. The second-order valence-corrected chi connectivity index (χ2v) is 5.73. The fourth-order valence-corrected chi connectivity index (χ4v) is 3.02. The molecule has 3 rings (SSSR count). The van der Waals surface area contributed by atoms with E-state index in [1.54, 1.807) is 0 Å². The Kier molecular flexibility index (Phi) is 4.88. The fraction of sp³-hybridized carbons (Fsp3) is 0.368. The van der Waals surface area contributed by atoms with Gasteiger partial charge in [0.2, 0.25) is 0 Å². The molecule has 22 heavy (non-hydrogen) atoms. The molecule has 0 radical (unpaired) electrons. The van der Waals surface area contributed by atoms with E-state index in [0.29, 0.717) is 13.2 Å². The molecule has 1 atom stereocenters. The lowest BCUT2D eigenvalue weighted by Gasteiger charge is -2.28. The zero-order chi connectivity index (χ0) is 15.3. The molecule has 1 unspecified atom stereocenters. The van der Waals surface area contributed by atoms with Crippen molar-refractivity contribution < 1.29 is 9.47 Å². The van der Waals surface area contributed by atoms with Crippen molar-refractivity contribution in [1.82, 2.24) is 0 Å². The highest BCUT2D eigenvalue weighted by atomic mass is 16.7. The van der Waals surface area contributed by atoms with Gasteiger partial charge in [-0.2, -0.15) is 0 Å². The summed E-state index contributed by atoms with van der Waals surface area (Å²) in [5, 5.41) is 0. The highest BCUT2D eigenvalue weighted by molar-refractivity contribution is 5.21. The average Bonchev–Trinajstić information content (AvgIpc) is 3.06. The highest BCUT2D eigenvalue weighted by Crippen LogP contribution is 2.36. The summed E-state index contributed by atoms with van der Waals surface area (Å²) in [4.78, 5) is 0. The molecule has 1 saturated heterocycles. The predicted octanol–water partition coefficient (Wildman–Crippen LogP) is 3.76. The molecule has 3 nitrogen and oxygen atoms in total. The zero-order valence-electron chi connectivity index (χ0n) is 12.8. The van der Waals surface area contributed by atoms with Crippen molar-refractivity contribution in [1.29, 1.82) is 0 Å². The third-order valence-corrected chi connectivity index (χ3v) is 4.22. The van der Waals surface area contributed by atoms with Crippen LogP contribution in [0.2, 0.25) is 0 Å². The van der Waals surface area contributed by atoms with E-state index >= 15 is 0 Å². The molecule has 1 heterocycles. The second kappa shape index (κ2) is 7.05. The smallest absolute Gasteiger partial charge is 0.194 e. The molecule has 0 aliphatic carbocycles. The summed E-state index contributed by atoms with van der Waals surface area (Å²) < 4.78 is 11.9. The van der Waals surface area contributed by atoms with Crippen molar-refractivity contribution in [3.05, 3.63) is 71.8 Å². The van der Waals surface area contributed by atoms with Gasteiger partial charge in [-0.15, -0.1) is 0 Å². The summed E-state index contributed by atoms with van der Waals surface area (Å²) in [5.74, 6) is -0.586. The largest absolute Gasteiger partial charge is 0.343 e. The molecule has 1 fully saturated rings. The molecule has 0 spiro atoms. The lowest BCUT2D eigenvalue weighted by Crippen LogP contribution is -2.27. The van der Waals surface area contributed by atoms with Gasteiger partial charge in [-0.05, 0) is 18.4 Å². The minimum atomic E-state index is -0.586. The maximum Gasteiger partial charge on any atom is 0.194 e. The van der Waals surface area contributed by atoms with E-state index < -0.39 is 5.79 Å². The molecule has 2 aromatic carbocycles. The first-order chi connectivity index (χ1) is 10.8. The number of nitrogens with two attached hydrogens (primary N) is 1. The third kappa shape index (κ3) is 3.38. The molecular weight excluding hydrogens is 274 g/mol. The fourth-order valence-electron chi connectivity index (χ4n) is 3.02. The van der Waals surface area contributed by atoms with Gasteiger partial charge in [0.25, 0.3) is 0 Å². The number of hydrogen-bond donors (Lipinski definition) is 1. The van der Waals surface area contributed by atoms with Crippen molar-refractivity contribution in [2.45, 2.75) is 31.1 Å². The van der Waals surface area contributed by atoms with Gasteiger partial charge in [0.05, 0.1) is 13.2 Å². The number of rotatable bonds is 6. The summed E-state index contributed by atoms with van der Waals surface area (Å²) in [6.45, 7) is 1.30. The number of benzene rings is 2. The van der Waals surface area contributed by atoms with Gasteiger partial charge in [-0.25, -0.2) is 0 Å². The molecule has 2 N–H and O–H groups in total. The predicted molar refractivity (Wildman–Crippen MR) is 87.2 cm³/mol. The summed E-state index contributed by atoms with van der Waals surface area (Å²) in [6, 6.07) is 20.5. The standard InChI is InChI=1S/C19H23NO2/c20-18(16-8-3-1-4-9-16)12-7-13-19(21-14-15-22-19)17-10-5-2-6-11-17/h1-6,8-11,18H,7,12-15,20H2. The van der Waals surface area contributed by atoms with Crippen molar-refractivity contribution in [2.24, 2.45) is 5.73 Å². The van der Waals surface area contributed by atoms with Crippen LogP contribution in [-0.4, -0.2) is 13.2 Å². The first-order valence-electron chi connectivity index (χ1n) is 7.94. The topological polar surface area (TPSA) is 44.5 Å². The van der Waals surface area contributed by atoms with Gasteiger partial charge in [-0.1, -0.05) is 60.7 Å². The van der Waals surface area contributed by atoms with E-state index in [4.69, 9.17) is 15.2 Å². The van der Waals surface area contributed by atoms with Crippen molar-refractivity contribution in [2.75, 3.05) is 13.2 Å². The number of ether oxygens (including phenoxy) is 2. The molecule has 0 aromatic heterocycles. The summed E-state index contributed by atoms with van der Waals surface area (Å²) in [7, 11) is 0. The Morgan fingerprint density at radius 2 is 1.50 bits per heavy atom. The first kappa shape index (κ1) is 15.2. The third-order valence-electron chi connectivity index (χ3n) is 4.22. The van der Waals surface area contributed by atoms with Crippen LogP contribution in [0, 0.1) is 0 Å². The maximum absolute atomic E-state index is 6.28. The van der Waals surface area contributed by atoms with E-state index in [2.05, 4.69) is 24.3 Å². The second-order valence-electron chi connectivity index (χ2n) is 5.73. The first-order valence-corrected chi connectivity index (χ1v) is 7.94. The van der Waals surface area contributed by atoms with Crippen LogP contribution in [0.25, 0.3) is 0 Å². The summed E-state index contributed by atoms with van der Waals surface area (Å²) >= 11 is 0. The van der Waals surface area contributed by atoms with Gasteiger partial charge in [0.1, 0.15) is 0 Å². The van der Waals surface area contributed by atoms with Crippen LogP contribution in [0.15, 0.2) is 60.7 Å². The van der Waals surface area contributed by atoms with Crippen LogP contribution in [0.5, 0.6) is 0 Å². The van der Waals surface area contributed by atoms with Gasteiger partial charge in [0, 0.05) is 18.0 Å². The van der Waals surface area contributed by atoms with Crippen LogP contribution < -0.4 is 5.73 Å². The molecule has 0 amide bonds. The Morgan fingerprint density at radius 3 is 2.14 bits per heavy atom.